The smallest absolute Gasteiger partial charge is 0.433 e. The molecule has 1 aromatic carbocycles. The van der Waals surface area contributed by atoms with Gasteiger partial charge in [0.25, 0.3) is 0 Å². The fraction of sp³-hybridized carbons (Fsp3) is 0.300. The fourth-order valence-electron chi connectivity index (χ4n) is 1.35. The Balaban J connectivity index is 2.44. The van der Waals surface area contributed by atoms with Gasteiger partial charge in [0.1, 0.15) is 0 Å². The molecule has 7 heteroatoms. The molecule has 1 aliphatic rings. The molecule has 0 aromatic heterocycles. The van der Waals surface area contributed by atoms with E-state index in [9.17, 15) is 13.6 Å². The molecule has 0 bridgehead atoms. The summed E-state index contributed by atoms with van der Waals surface area (Å²) in [6.07, 6.45) is -3.39. The number of halogens is 3. The number of hydrogen-bond acceptors (Lipinski definition) is 4. The van der Waals surface area contributed by atoms with Crippen molar-refractivity contribution >= 4 is 21.9 Å². The Morgan fingerprint density at radius 3 is 2.82 bits per heavy atom. The summed E-state index contributed by atoms with van der Waals surface area (Å²) >= 11 is 3.12. The standard InChI is InChI=1S/C10H7BrF2O4/c1-15-9(14)5-2-8-7(3-6(5)11)16-4-10(12,13)17-8/h2-3H,4H2,1H3. The van der Waals surface area contributed by atoms with Gasteiger partial charge in [-0.25, -0.2) is 4.79 Å². The average Bonchev–Trinajstić information content (AvgIpc) is 2.27. The molecule has 2 rings (SSSR count). The SMILES string of the molecule is COC(=O)c1cc2c(cc1Br)OCC(F)(F)O2. The molecular formula is C10H7BrF2O4. The van der Waals surface area contributed by atoms with E-state index in [1.807, 2.05) is 0 Å². The van der Waals surface area contributed by atoms with Crippen molar-refractivity contribution in [1.82, 2.24) is 0 Å². The first-order valence-corrected chi connectivity index (χ1v) is 5.34. The quantitative estimate of drug-likeness (QED) is 0.748. The molecule has 0 aliphatic carbocycles. The van der Waals surface area contributed by atoms with Gasteiger partial charge < -0.3 is 14.2 Å². The number of carbonyl (C=O) groups is 1. The molecule has 1 aliphatic heterocycles. The zero-order valence-corrected chi connectivity index (χ0v) is 10.2. The number of alkyl halides is 2. The molecule has 0 fully saturated rings. The molecule has 1 aromatic rings. The van der Waals surface area contributed by atoms with E-state index in [0.29, 0.717) is 4.47 Å². The van der Waals surface area contributed by atoms with E-state index in [4.69, 9.17) is 4.74 Å². The van der Waals surface area contributed by atoms with Gasteiger partial charge in [0.05, 0.1) is 12.7 Å². The molecule has 0 atom stereocenters. The van der Waals surface area contributed by atoms with Crippen LogP contribution in [0.5, 0.6) is 11.5 Å². The summed E-state index contributed by atoms with van der Waals surface area (Å²) in [5.74, 6) is -0.697. The maximum atomic E-state index is 12.9. The highest BCUT2D eigenvalue weighted by Gasteiger charge is 2.38. The first kappa shape index (κ1) is 12.1. The Hall–Kier alpha value is -1.37. The van der Waals surface area contributed by atoms with Gasteiger partial charge in [-0.15, -0.1) is 0 Å². The lowest BCUT2D eigenvalue weighted by Crippen LogP contribution is -2.36. The topological polar surface area (TPSA) is 44.8 Å². The number of rotatable bonds is 1. The van der Waals surface area contributed by atoms with Gasteiger partial charge in [0, 0.05) is 4.47 Å². The molecule has 0 saturated heterocycles. The van der Waals surface area contributed by atoms with E-state index in [0.717, 1.165) is 6.07 Å². The molecule has 0 unspecified atom stereocenters. The summed E-state index contributed by atoms with van der Waals surface area (Å²) < 4.78 is 40.0. The molecule has 0 amide bonds. The van der Waals surface area contributed by atoms with Crippen molar-refractivity contribution in [2.75, 3.05) is 13.7 Å². The van der Waals surface area contributed by atoms with Crippen LogP contribution in [-0.4, -0.2) is 25.8 Å². The second-order valence-electron chi connectivity index (χ2n) is 3.30. The van der Waals surface area contributed by atoms with E-state index < -0.39 is 18.7 Å². The van der Waals surface area contributed by atoms with E-state index in [-0.39, 0.29) is 17.1 Å². The molecule has 0 radical (unpaired) electrons. The molecule has 1 heterocycles. The molecule has 0 N–H and O–H groups in total. The highest BCUT2D eigenvalue weighted by Crippen LogP contribution is 2.40. The van der Waals surface area contributed by atoms with Crippen molar-refractivity contribution in [1.29, 1.82) is 0 Å². The maximum Gasteiger partial charge on any atom is 0.433 e. The zero-order chi connectivity index (χ0) is 12.6. The molecular weight excluding hydrogens is 302 g/mol. The van der Waals surface area contributed by atoms with Crippen molar-refractivity contribution < 1.29 is 27.8 Å². The third-order valence-corrected chi connectivity index (χ3v) is 2.75. The third kappa shape index (κ3) is 2.33. The van der Waals surface area contributed by atoms with E-state index >= 15 is 0 Å². The second kappa shape index (κ2) is 4.14. The van der Waals surface area contributed by atoms with Crippen LogP contribution in [-0.2, 0) is 4.74 Å². The highest BCUT2D eigenvalue weighted by atomic mass is 79.9. The third-order valence-electron chi connectivity index (χ3n) is 2.09. The number of benzene rings is 1. The Bertz CT molecular complexity index is 476. The summed E-state index contributed by atoms with van der Waals surface area (Å²) in [7, 11) is 1.19. The Morgan fingerprint density at radius 2 is 2.18 bits per heavy atom. The zero-order valence-electron chi connectivity index (χ0n) is 8.63. The minimum atomic E-state index is -3.39. The van der Waals surface area contributed by atoms with Crippen LogP contribution in [0, 0.1) is 0 Å². The summed E-state index contributed by atoms with van der Waals surface area (Å²) in [4.78, 5) is 11.3. The van der Waals surface area contributed by atoms with Crippen molar-refractivity contribution in [3.63, 3.8) is 0 Å². The molecule has 4 nitrogen and oxygen atoms in total. The lowest BCUT2D eigenvalue weighted by Gasteiger charge is -2.26. The van der Waals surface area contributed by atoms with Crippen LogP contribution in [0.15, 0.2) is 16.6 Å². The van der Waals surface area contributed by atoms with Crippen LogP contribution in [0.1, 0.15) is 10.4 Å². The van der Waals surface area contributed by atoms with Crippen molar-refractivity contribution in [3.8, 4) is 11.5 Å². The normalized spacial score (nSPS) is 16.5. The Kier molecular flexibility index (Phi) is 2.94. The summed E-state index contributed by atoms with van der Waals surface area (Å²) in [6, 6.07) is 2.54. The van der Waals surface area contributed by atoms with Crippen molar-refractivity contribution in [2.45, 2.75) is 6.11 Å². The van der Waals surface area contributed by atoms with Gasteiger partial charge in [0.2, 0.25) is 0 Å². The van der Waals surface area contributed by atoms with Crippen LogP contribution in [0.25, 0.3) is 0 Å². The number of ether oxygens (including phenoxy) is 3. The fourth-order valence-corrected chi connectivity index (χ4v) is 1.83. The number of hydrogen-bond donors (Lipinski definition) is 0. The van der Waals surface area contributed by atoms with Crippen LogP contribution in [0.2, 0.25) is 0 Å². The number of methoxy groups -OCH3 is 1. The number of esters is 1. The molecule has 17 heavy (non-hydrogen) atoms. The Morgan fingerprint density at radius 1 is 1.47 bits per heavy atom. The predicted molar refractivity (Wildman–Crippen MR) is 56.6 cm³/mol. The Labute approximate surface area is 104 Å². The van der Waals surface area contributed by atoms with Gasteiger partial charge in [-0.2, -0.15) is 8.78 Å². The van der Waals surface area contributed by atoms with E-state index in [2.05, 4.69) is 25.4 Å². The van der Waals surface area contributed by atoms with Crippen LogP contribution in [0.4, 0.5) is 8.78 Å². The first-order valence-electron chi connectivity index (χ1n) is 4.54. The highest BCUT2D eigenvalue weighted by molar-refractivity contribution is 9.10. The molecule has 0 spiro atoms. The van der Waals surface area contributed by atoms with Crippen LogP contribution in [0.3, 0.4) is 0 Å². The van der Waals surface area contributed by atoms with Crippen molar-refractivity contribution in [3.05, 3.63) is 22.2 Å². The van der Waals surface area contributed by atoms with Crippen LogP contribution >= 0.6 is 15.9 Å². The van der Waals surface area contributed by atoms with Gasteiger partial charge in [-0.05, 0) is 28.1 Å². The van der Waals surface area contributed by atoms with Gasteiger partial charge in [0.15, 0.2) is 18.1 Å². The summed E-state index contributed by atoms with van der Waals surface area (Å²) in [5.41, 5.74) is 0.0903. The summed E-state index contributed by atoms with van der Waals surface area (Å²) in [5, 5.41) is 0. The van der Waals surface area contributed by atoms with E-state index in [1.165, 1.54) is 13.2 Å². The maximum absolute atomic E-state index is 12.9. The van der Waals surface area contributed by atoms with Gasteiger partial charge >= 0.3 is 12.1 Å². The first-order chi connectivity index (χ1) is 7.93. The minimum absolute atomic E-state index is 0.0903. The number of fused-ring (bicyclic) bond motifs is 1. The summed E-state index contributed by atoms with van der Waals surface area (Å²) in [6.45, 7) is -0.857. The number of carbonyl (C=O) groups excluding carboxylic acids is 1. The van der Waals surface area contributed by atoms with Crippen molar-refractivity contribution in [2.24, 2.45) is 0 Å². The predicted octanol–water partition coefficient (Wildman–Crippen LogP) is 2.60. The average molecular weight is 309 g/mol. The monoisotopic (exact) mass is 308 g/mol. The lowest BCUT2D eigenvalue weighted by atomic mass is 10.2. The molecule has 92 valence electrons. The largest absolute Gasteiger partial charge is 0.479 e. The lowest BCUT2D eigenvalue weighted by molar-refractivity contribution is -0.208. The molecule has 0 saturated carbocycles. The minimum Gasteiger partial charge on any atom is -0.479 e. The second-order valence-corrected chi connectivity index (χ2v) is 4.15. The van der Waals surface area contributed by atoms with E-state index in [1.54, 1.807) is 0 Å². The van der Waals surface area contributed by atoms with Gasteiger partial charge in [-0.3, -0.25) is 0 Å². The van der Waals surface area contributed by atoms with Crippen LogP contribution < -0.4 is 9.47 Å². The van der Waals surface area contributed by atoms with Gasteiger partial charge in [-0.1, -0.05) is 0 Å².